The highest BCUT2D eigenvalue weighted by Crippen LogP contribution is 2.26. The minimum Gasteiger partial charge on any atom is -0.394 e. The second-order valence-electron chi connectivity index (χ2n) is 6.39. The summed E-state index contributed by atoms with van der Waals surface area (Å²) in [6.45, 7) is -0.827. The van der Waals surface area contributed by atoms with Crippen LogP contribution in [0.4, 0.5) is 11.4 Å². The molecule has 0 saturated carbocycles. The maximum absolute atomic E-state index is 9.97. The van der Waals surface area contributed by atoms with E-state index in [1.165, 1.54) is 0 Å². The molecule has 0 radical (unpaired) electrons. The molecule has 0 unspecified atom stereocenters. The molecule has 3 rings (SSSR count). The lowest BCUT2D eigenvalue weighted by atomic mass is 10.1. The van der Waals surface area contributed by atoms with Gasteiger partial charge < -0.3 is 50.7 Å². The first-order valence-corrected chi connectivity index (χ1v) is 8.32. The van der Waals surface area contributed by atoms with Crippen LogP contribution in [-0.2, 0) is 9.47 Å². The zero-order valence-corrected chi connectivity index (χ0v) is 13.8. The number of anilines is 2. The van der Waals surface area contributed by atoms with Crippen LogP contribution in [0.15, 0.2) is 24.3 Å². The molecule has 26 heavy (non-hydrogen) atoms. The minimum atomic E-state index is -1.20. The number of aliphatic hydroxyl groups is 6. The number of nitrogens with one attached hydrogen (secondary N) is 2. The number of hydrogen-bond donors (Lipinski definition) is 8. The molecule has 2 saturated heterocycles. The Morgan fingerprint density at radius 2 is 1.15 bits per heavy atom. The Balaban J connectivity index is 1.64. The first-order valence-electron chi connectivity index (χ1n) is 8.32. The Bertz CT molecular complexity index is 558. The molecular weight excluding hydrogens is 348 g/mol. The van der Waals surface area contributed by atoms with E-state index >= 15 is 0 Å². The highest BCUT2D eigenvalue weighted by molar-refractivity contribution is 5.57. The van der Waals surface area contributed by atoms with E-state index in [4.69, 9.17) is 19.7 Å². The number of ether oxygens (including phenoxy) is 2. The van der Waals surface area contributed by atoms with Gasteiger partial charge in [-0.15, -0.1) is 0 Å². The second kappa shape index (κ2) is 8.03. The number of benzene rings is 1. The van der Waals surface area contributed by atoms with E-state index in [1.54, 1.807) is 24.3 Å². The molecule has 10 heteroatoms. The van der Waals surface area contributed by atoms with Gasteiger partial charge in [-0.1, -0.05) is 6.07 Å². The third-order valence-corrected chi connectivity index (χ3v) is 4.57. The quantitative estimate of drug-likeness (QED) is 0.265. The number of rotatable bonds is 6. The molecule has 0 amide bonds. The van der Waals surface area contributed by atoms with Gasteiger partial charge in [-0.25, -0.2) is 0 Å². The van der Waals surface area contributed by atoms with Crippen molar-refractivity contribution >= 4 is 11.4 Å². The predicted octanol–water partition coefficient (Wildman–Crippen LogP) is -2.61. The van der Waals surface area contributed by atoms with Crippen LogP contribution in [0.5, 0.6) is 0 Å². The maximum Gasteiger partial charge on any atom is 0.157 e. The summed E-state index contributed by atoms with van der Waals surface area (Å²) < 4.78 is 10.7. The van der Waals surface area contributed by atoms with Gasteiger partial charge in [0.15, 0.2) is 12.5 Å². The van der Waals surface area contributed by atoms with Crippen LogP contribution >= 0.6 is 0 Å². The van der Waals surface area contributed by atoms with Gasteiger partial charge in [-0.3, -0.25) is 0 Å². The lowest BCUT2D eigenvalue weighted by molar-refractivity contribution is -0.0154. The van der Waals surface area contributed by atoms with Crippen molar-refractivity contribution in [3.8, 4) is 0 Å². The Hall–Kier alpha value is -1.50. The Morgan fingerprint density at radius 1 is 0.731 bits per heavy atom. The van der Waals surface area contributed by atoms with Gasteiger partial charge in [0.25, 0.3) is 0 Å². The molecular formula is C16H24N2O8. The third-order valence-electron chi connectivity index (χ3n) is 4.57. The van der Waals surface area contributed by atoms with Crippen molar-refractivity contribution in [2.24, 2.45) is 0 Å². The van der Waals surface area contributed by atoms with E-state index in [0.717, 1.165) is 0 Å². The van der Waals surface area contributed by atoms with Crippen LogP contribution in [0.3, 0.4) is 0 Å². The van der Waals surface area contributed by atoms with Crippen LogP contribution in [-0.4, -0.2) is 92.9 Å². The normalized spacial score (nSPS) is 39.9. The second-order valence-corrected chi connectivity index (χ2v) is 6.39. The first-order chi connectivity index (χ1) is 12.4. The van der Waals surface area contributed by atoms with E-state index < -0.39 is 62.3 Å². The average Bonchev–Trinajstić information content (AvgIpc) is 3.06. The summed E-state index contributed by atoms with van der Waals surface area (Å²) >= 11 is 0. The van der Waals surface area contributed by atoms with Gasteiger partial charge in [-0.05, 0) is 18.2 Å². The molecule has 2 aliphatic rings. The van der Waals surface area contributed by atoms with E-state index in [2.05, 4.69) is 10.6 Å². The molecule has 0 spiro atoms. The van der Waals surface area contributed by atoms with Gasteiger partial charge in [-0.2, -0.15) is 0 Å². The summed E-state index contributed by atoms with van der Waals surface area (Å²) in [5.74, 6) is 0. The van der Waals surface area contributed by atoms with Crippen molar-refractivity contribution in [3.63, 3.8) is 0 Å². The fourth-order valence-corrected chi connectivity index (χ4v) is 3.06. The van der Waals surface area contributed by atoms with Crippen LogP contribution in [0, 0.1) is 0 Å². The van der Waals surface area contributed by atoms with E-state index in [-0.39, 0.29) is 0 Å². The monoisotopic (exact) mass is 372 g/mol. The molecule has 0 aliphatic carbocycles. The zero-order valence-electron chi connectivity index (χ0n) is 13.8. The van der Waals surface area contributed by atoms with Crippen LogP contribution in [0.25, 0.3) is 0 Å². The number of hydrogen-bond acceptors (Lipinski definition) is 10. The molecule has 8 N–H and O–H groups in total. The highest BCUT2D eigenvalue weighted by Gasteiger charge is 2.43. The van der Waals surface area contributed by atoms with Crippen molar-refractivity contribution in [3.05, 3.63) is 24.3 Å². The standard InChI is InChI=1S/C16H24N2O8/c19-5-9-11(21)13(23)15(25-9)17-7-2-1-3-8(4-7)18-16-14(24)12(22)10(6-20)26-16/h1-4,9-24H,5-6H2/t9-,10+,11+,12-,13-,14-,15+,16-/m0/s1. The van der Waals surface area contributed by atoms with Gasteiger partial charge in [0, 0.05) is 11.4 Å². The molecule has 0 aromatic heterocycles. The molecule has 10 nitrogen and oxygen atoms in total. The zero-order chi connectivity index (χ0) is 18.8. The molecule has 2 fully saturated rings. The summed E-state index contributed by atoms with van der Waals surface area (Å²) in [7, 11) is 0. The minimum absolute atomic E-state index is 0.413. The van der Waals surface area contributed by atoms with Crippen molar-refractivity contribution in [2.75, 3.05) is 23.8 Å². The van der Waals surface area contributed by atoms with Gasteiger partial charge in [0.1, 0.15) is 36.6 Å². The Morgan fingerprint density at radius 3 is 1.50 bits per heavy atom. The van der Waals surface area contributed by atoms with Crippen molar-refractivity contribution in [1.29, 1.82) is 0 Å². The SMILES string of the molecule is OC[C@@H]1O[C@@H](Nc2cccc(N[C@H]3O[C@H](CO)[C@H](O)[C@@H]3O)c2)[C@@H](O)[C@@H]1O. The largest absolute Gasteiger partial charge is 0.394 e. The molecule has 8 atom stereocenters. The molecule has 0 bridgehead atoms. The molecule has 2 aliphatic heterocycles. The maximum atomic E-state index is 9.97. The number of aliphatic hydroxyl groups excluding tert-OH is 6. The molecule has 1 aromatic rings. The van der Waals surface area contributed by atoms with Crippen molar-refractivity contribution < 1.29 is 40.1 Å². The first kappa shape index (κ1) is 19.3. The average molecular weight is 372 g/mol. The van der Waals surface area contributed by atoms with Crippen molar-refractivity contribution in [1.82, 2.24) is 0 Å². The summed E-state index contributed by atoms with van der Waals surface area (Å²) in [4.78, 5) is 0. The van der Waals surface area contributed by atoms with Crippen LogP contribution in [0.2, 0.25) is 0 Å². The third kappa shape index (κ3) is 3.77. The van der Waals surface area contributed by atoms with Crippen LogP contribution < -0.4 is 10.6 Å². The lowest BCUT2D eigenvalue weighted by Crippen LogP contribution is -2.37. The molecule has 2 heterocycles. The molecule has 146 valence electrons. The van der Waals surface area contributed by atoms with E-state index in [0.29, 0.717) is 11.4 Å². The predicted molar refractivity (Wildman–Crippen MR) is 89.2 cm³/mol. The van der Waals surface area contributed by atoms with Gasteiger partial charge in [0.05, 0.1) is 13.2 Å². The van der Waals surface area contributed by atoms with Crippen LogP contribution in [0.1, 0.15) is 0 Å². The van der Waals surface area contributed by atoms with E-state index in [9.17, 15) is 20.4 Å². The Kier molecular flexibility index (Phi) is 5.95. The fourth-order valence-electron chi connectivity index (χ4n) is 3.06. The summed E-state index contributed by atoms with van der Waals surface area (Å²) in [6.07, 6.45) is -8.34. The lowest BCUT2D eigenvalue weighted by Gasteiger charge is -2.20. The molecule has 1 aromatic carbocycles. The summed E-state index contributed by atoms with van der Waals surface area (Å²) in [5, 5.41) is 63.6. The fraction of sp³-hybridized carbons (Fsp3) is 0.625. The Labute approximate surface area is 149 Å². The highest BCUT2D eigenvalue weighted by atomic mass is 16.6. The topological polar surface area (TPSA) is 164 Å². The smallest absolute Gasteiger partial charge is 0.157 e. The van der Waals surface area contributed by atoms with E-state index in [1.807, 2.05) is 0 Å². The summed E-state index contributed by atoms with van der Waals surface area (Å²) in [5.41, 5.74) is 1.10. The van der Waals surface area contributed by atoms with Crippen molar-refractivity contribution in [2.45, 2.75) is 49.1 Å². The van der Waals surface area contributed by atoms with Gasteiger partial charge in [0.2, 0.25) is 0 Å². The van der Waals surface area contributed by atoms with Gasteiger partial charge >= 0.3 is 0 Å². The summed E-state index contributed by atoms with van der Waals surface area (Å²) in [6, 6.07) is 6.77.